The van der Waals surface area contributed by atoms with Crippen LogP contribution in [0.15, 0.2) is 17.2 Å². The highest BCUT2D eigenvalue weighted by Crippen LogP contribution is 2.28. The molecule has 1 fully saturated rings. The number of hydrogen-bond donors (Lipinski definition) is 2. The highest BCUT2D eigenvalue weighted by Gasteiger charge is 2.32. The van der Waals surface area contributed by atoms with Gasteiger partial charge >= 0.3 is 0 Å². The van der Waals surface area contributed by atoms with Crippen molar-refractivity contribution in [2.75, 3.05) is 12.0 Å². The molecule has 0 amide bonds. The molecular weight excluding hydrogens is 312 g/mol. The van der Waals surface area contributed by atoms with Crippen LogP contribution in [0.4, 0.5) is 5.82 Å². The van der Waals surface area contributed by atoms with Crippen molar-refractivity contribution in [1.29, 1.82) is 0 Å². The number of nitrogens with one attached hydrogen (secondary N) is 1. The van der Waals surface area contributed by atoms with Gasteiger partial charge in [-0.05, 0) is 25.3 Å². The van der Waals surface area contributed by atoms with E-state index in [1.165, 1.54) is 12.3 Å². The van der Waals surface area contributed by atoms with Gasteiger partial charge in [-0.1, -0.05) is 31.4 Å². The Morgan fingerprint density at radius 3 is 2.86 bits per heavy atom. The number of rotatable bonds is 4. The molecule has 1 atom stereocenters. The zero-order chi connectivity index (χ0) is 15.5. The molecule has 0 spiro atoms. The lowest BCUT2D eigenvalue weighted by molar-refractivity contribution is 0.315. The van der Waals surface area contributed by atoms with E-state index in [4.69, 9.17) is 17.4 Å². The van der Waals surface area contributed by atoms with Gasteiger partial charge < -0.3 is 5.43 Å². The van der Waals surface area contributed by atoms with Gasteiger partial charge in [-0.3, -0.25) is 0 Å². The summed E-state index contributed by atoms with van der Waals surface area (Å²) in [4.78, 5) is 4.08. The quantitative estimate of drug-likeness (QED) is 0.652. The van der Waals surface area contributed by atoms with Crippen LogP contribution < -0.4 is 11.3 Å². The second-order valence-electron chi connectivity index (χ2n) is 5.17. The maximum Gasteiger partial charge on any atom is 0.244 e. The Hall–Kier alpha value is -0.890. The van der Waals surface area contributed by atoms with E-state index in [-0.39, 0.29) is 21.8 Å². The van der Waals surface area contributed by atoms with Gasteiger partial charge in [0.15, 0.2) is 5.82 Å². The van der Waals surface area contributed by atoms with E-state index in [9.17, 15) is 8.42 Å². The minimum Gasteiger partial charge on any atom is -0.307 e. The Bertz CT molecular complexity index is 594. The molecular formula is C13H21ClN4O2S. The molecule has 1 aliphatic rings. The van der Waals surface area contributed by atoms with Gasteiger partial charge in [0.1, 0.15) is 4.90 Å². The number of halogens is 1. The van der Waals surface area contributed by atoms with Gasteiger partial charge in [-0.25, -0.2) is 19.2 Å². The normalized spacial score (nSPS) is 21.0. The van der Waals surface area contributed by atoms with E-state index in [0.717, 1.165) is 32.1 Å². The van der Waals surface area contributed by atoms with Crippen molar-refractivity contribution < 1.29 is 8.42 Å². The third-order valence-electron chi connectivity index (χ3n) is 3.85. The summed E-state index contributed by atoms with van der Waals surface area (Å²) in [5.74, 6) is 5.52. The molecule has 2 heterocycles. The van der Waals surface area contributed by atoms with Crippen LogP contribution in [0, 0.1) is 0 Å². The molecule has 1 aromatic heterocycles. The van der Waals surface area contributed by atoms with Crippen molar-refractivity contribution in [1.82, 2.24) is 9.29 Å². The Labute approximate surface area is 130 Å². The molecule has 1 aliphatic heterocycles. The average molecular weight is 333 g/mol. The van der Waals surface area contributed by atoms with Crippen LogP contribution in [0.25, 0.3) is 0 Å². The monoisotopic (exact) mass is 332 g/mol. The topological polar surface area (TPSA) is 88.3 Å². The highest BCUT2D eigenvalue weighted by molar-refractivity contribution is 7.89. The van der Waals surface area contributed by atoms with Gasteiger partial charge in [-0.2, -0.15) is 4.31 Å². The zero-order valence-corrected chi connectivity index (χ0v) is 13.6. The fraction of sp³-hybridized carbons (Fsp3) is 0.615. The van der Waals surface area contributed by atoms with Crippen molar-refractivity contribution in [2.24, 2.45) is 5.84 Å². The maximum absolute atomic E-state index is 12.8. The van der Waals surface area contributed by atoms with Crippen LogP contribution in [0.5, 0.6) is 0 Å². The van der Waals surface area contributed by atoms with Crippen LogP contribution >= 0.6 is 11.6 Å². The number of hydrazine groups is 1. The molecule has 6 nitrogen and oxygen atoms in total. The molecule has 118 valence electrons. The third-order valence-corrected chi connectivity index (χ3v) is 6.06. The van der Waals surface area contributed by atoms with Crippen LogP contribution in [0.2, 0.25) is 5.02 Å². The average Bonchev–Trinajstić information content (AvgIpc) is 2.72. The van der Waals surface area contributed by atoms with Gasteiger partial charge in [0.05, 0.1) is 5.02 Å². The van der Waals surface area contributed by atoms with E-state index in [1.54, 1.807) is 4.31 Å². The first kappa shape index (κ1) is 16.5. The highest BCUT2D eigenvalue weighted by atomic mass is 35.5. The number of nitrogens with zero attached hydrogens (tertiary/aromatic N) is 2. The molecule has 1 unspecified atom stereocenters. The molecule has 8 heteroatoms. The molecule has 2 rings (SSSR count). The van der Waals surface area contributed by atoms with Gasteiger partial charge in [-0.15, -0.1) is 0 Å². The summed E-state index contributed by atoms with van der Waals surface area (Å²) in [5, 5.41) is 0.196. The van der Waals surface area contributed by atoms with Crippen molar-refractivity contribution in [3.05, 3.63) is 17.3 Å². The molecule has 0 bridgehead atoms. The summed E-state index contributed by atoms with van der Waals surface area (Å²) in [7, 11) is -3.58. The van der Waals surface area contributed by atoms with Gasteiger partial charge in [0, 0.05) is 18.8 Å². The van der Waals surface area contributed by atoms with E-state index in [2.05, 4.69) is 10.4 Å². The van der Waals surface area contributed by atoms with E-state index >= 15 is 0 Å². The Balaban J connectivity index is 2.37. The molecule has 1 saturated heterocycles. The lowest BCUT2D eigenvalue weighted by Crippen LogP contribution is -2.39. The number of aromatic nitrogens is 1. The summed E-state index contributed by atoms with van der Waals surface area (Å²) in [6.45, 7) is 2.57. The zero-order valence-electron chi connectivity index (χ0n) is 12.0. The largest absolute Gasteiger partial charge is 0.307 e. The summed E-state index contributed by atoms with van der Waals surface area (Å²) >= 11 is 5.99. The standard InChI is InChI=1S/C13H21ClN4O2S/c1-2-10-6-4-3-5-7-18(10)21(19,20)11-8-12(14)13(17-15)16-9-11/h8-10H,2-7,15H2,1H3,(H,16,17). The minimum absolute atomic E-state index is 0.0450. The first-order valence-electron chi connectivity index (χ1n) is 7.14. The van der Waals surface area contributed by atoms with Crippen LogP contribution in [-0.2, 0) is 10.0 Å². The summed E-state index contributed by atoms with van der Waals surface area (Å²) < 4.78 is 27.3. The lowest BCUT2D eigenvalue weighted by atomic mass is 10.1. The van der Waals surface area contributed by atoms with Crippen LogP contribution in [-0.4, -0.2) is 30.3 Å². The second kappa shape index (κ2) is 6.91. The molecule has 3 N–H and O–H groups in total. The predicted octanol–water partition coefficient (Wildman–Crippen LogP) is 2.36. The molecule has 0 aromatic carbocycles. The van der Waals surface area contributed by atoms with Gasteiger partial charge in [0.2, 0.25) is 10.0 Å². The number of anilines is 1. The van der Waals surface area contributed by atoms with Crippen molar-refractivity contribution >= 4 is 27.4 Å². The fourth-order valence-corrected chi connectivity index (χ4v) is 4.70. The van der Waals surface area contributed by atoms with Crippen molar-refractivity contribution in [3.63, 3.8) is 0 Å². The number of nitrogen functional groups attached to an aromatic ring is 1. The smallest absolute Gasteiger partial charge is 0.244 e. The predicted molar refractivity (Wildman–Crippen MR) is 83.5 cm³/mol. The van der Waals surface area contributed by atoms with Crippen molar-refractivity contribution in [3.8, 4) is 0 Å². The number of pyridine rings is 1. The molecule has 0 aliphatic carbocycles. The Morgan fingerprint density at radius 1 is 1.48 bits per heavy atom. The molecule has 0 radical (unpaired) electrons. The van der Waals surface area contributed by atoms with Crippen LogP contribution in [0.3, 0.4) is 0 Å². The maximum atomic E-state index is 12.8. The fourth-order valence-electron chi connectivity index (χ4n) is 2.68. The SMILES string of the molecule is CCC1CCCCCN1S(=O)(=O)c1cnc(NN)c(Cl)c1. The van der Waals surface area contributed by atoms with Crippen molar-refractivity contribution in [2.45, 2.75) is 50.0 Å². The number of hydrogen-bond acceptors (Lipinski definition) is 5. The summed E-state index contributed by atoms with van der Waals surface area (Å²) in [6.07, 6.45) is 6.03. The van der Waals surface area contributed by atoms with E-state index < -0.39 is 10.0 Å². The van der Waals surface area contributed by atoms with Gasteiger partial charge in [0.25, 0.3) is 0 Å². The van der Waals surface area contributed by atoms with E-state index in [0.29, 0.717) is 6.54 Å². The molecule has 1 aromatic rings. The first-order valence-corrected chi connectivity index (χ1v) is 8.96. The lowest BCUT2D eigenvalue weighted by Gasteiger charge is -2.28. The summed E-state index contributed by atoms with van der Waals surface area (Å²) in [5.41, 5.74) is 2.33. The Kier molecular flexibility index (Phi) is 5.43. The number of nitrogens with two attached hydrogens (primary N) is 1. The van der Waals surface area contributed by atoms with Crippen LogP contribution in [0.1, 0.15) is 39.0 Å². The first-order chi connectivity index (χ1) is 10.0. The Morgan fingerprint density at radius 2 is 2.24 bits per heavy atom. The van der Waals surface area contributed by atoms with E-state index in [1.807, 2.05) is 6.92 Å². The minimum atomic E-state index is -3.58. The summed E-state index contributed by atoms with van der Waals surface area (Å²) in [6, 6.07) is 1.44. The molecule has 21 heavy (non-hydrogen) atoms. The number of sulfonamides is 1. The second-order valence-corrected chi connectivity index (χ2v) is 7.47. The molecule has 0 saturated carbocycles. The third kappa shape index (κ3) is 3.48.